The Kier molecular flexibility index (Phi) is 30.8. The smallest absolute Gasteiger partial charge is 0.483 e. The second kappa shape index (κ2) is 27.4. The zero-order valence-corrected chi connectivity index (χ0v) is 28.0. The van der Waals surface area contributed by atoms with Gasteiger partial charge in [0, 0.05) is 12.1 Å². The molecule has 0 aliphatic heterocycles. The quantitative estimate of drug-likeness (QED) is 0.293. The Hall–Kier alpha value is -2.19. The third-order valence-electron chi connectivity index (χ3n) is 3.71. The second-order valence-corrected chi connectivity index (χ2v) is 10.1. The van der Waals surface area contributed by atoms with Crippen LogP contribution in [0.15, 0.2) is 46.5 Å². The molecule has 0 aliphatic carbocycles. The molecule has 1 atom stereocenters. The van der Waals surface area contributed by atoms with Crippen LogP contribution >= 0.6 is 0 Å². The molecule has 0 amide bonds. The fourth-order valence-corrected chi connectivity index (χ4v) is 2.51. The van der Waals surface area contributed by atoms with Gasteiger partial charge in [-0.25, -0.2) is 25.5 Å². The van der Waals surface area contributed by atoms with E-state index in [2.05, 4.69) is 82.7 Å². The molecule has 1 heterocycles. The van der Waals surface area contributed by atoms with Crippen LogP contribution in [-0.4, -0.2) is 35.9 Å². The van der Waals surface area contributed by atoms with Gasteiger partial charge in [0.25, 0.3) is 12.9 Å². The van der Waals surface area contributed by atoms with Gasteiger partial charge in [0.2, 0.25) is 0 Å². The molecular weight excluding hydrogens is 503 g/mol. The fraction of sp³-hybridized carbons (Fsp3) is 0.484. The molecule has 2 N–H and O–H groups in total. The first-order valence-corrected chi connectivity index (χ1v) is 12.7. The van der Waals surface area contributed by atoms with E-state index in [1.165, 1.54) is 11.1 Å². The molecule has 1 aromatic carbocycles. The number of aromatic nitrogens is 1. The van der Waals surface area contributed by atoms with Gasteiger partial charge in [-0.15, -0.1) is 17.6 Å². The minimum absolute atomic E-state index is 0. The Morgan fingerprint density at radius 3 is 2.03 bits per heavy atom. The Balaban J connectivity index is -0.000000221. The molecular formula is C31H51N2NaO5-2. The van der Waals surface area contributed by atoms with E-state index in [0.29, 0.717) is 18.1 Å². The van der Waals surface area contributed by atoms with Crippen LogP contribution in [0.3, 0.4) is 0 Å². The normalized spacial score (nSPS) is 10.8. The summed E-state index contributed by atoms with van der Waals surface area (Å²) < 4.78 is 9.75. The van der Waals surface area contributed by atoms with Crippen molar-refractivity contribution in [3.63, 3.8) is 0 Å². The maximum absolute atomic E-state index is 9.60. The van der Waals surface area contributed by atoms with E-state index in [9.17, 15) is 4.79 Å². The zero-order chi connectivity index (χ0) is 30.1. The minimum atomic E-state index is -0.318. The van der Waals surface area contributed by atoms with Gasteiger partial charge in [-0.1, -0.05) is 71.0 Å². The van der Waals surface area contributed by atoms with Crippen molar-refractivity contribution in [2.45, 2.75) is 80.4 Å². The molecule has 39 heavy (non-hydrogen) atoms. The van der Waals surface area contributed by atoms with Crippen molar-refractivity contribution in [2.24, 2.45) is 11.8 Å². The first-order valence-electron chi connectivity index (χ1n) is 12.7. The molecule has 0 bridgehead atoms. The van der Waals surface area contributed by atoms with E-state index >= 15 is 0 Å². The summed E-state index contributed by atoms with van der Waals surface area (Å²) >= 11 is 0. The van der Waals surface area contributed by atoms with Gasteiger partial charge in [0.1, 0.15) is 5.60 Å². The number of carbonyl (C=O) groups excluding carboxylic acids is 1. The van der Waals surface area contributed by atoms with Crippen LogP contribution in [0.2, 0.25) is 0 Å². The van der Waals surface area contributed by atoms with E-state index in [1.54, 1.807) is 0 Å². The van der Waals surface area contributed by atoms with Crippen LogP contribution in [0.4, 0.5) is 0 Å². The number of hydrogen-bond acceptors (Lipinski definition) is 6. The van der Waals surface area contributed by atoms with E-state index in [-0.39, 0.29) is 41.6 Å². The van der Waals surface area contributed by atoms with Gasteiger partial charge >= 0.3 is 29.6 Å². The summed E-state index contributed by atoms with van der Waals surface area (Å²) in [7, 11) is 1.92. The molecule has 1 aromatic heterocycles. The van der Waals surface area contributed by atoms with Gasteiger partial charge in [0.05, 0.1) is 5.76 Å². The molecule has 0 radical (unpaired) electrons. The van der Waals surface area contributed by atoms with Crippen molar-refractivity contribution in [3.05, 3.63) is 74.0 Å². The number of nitrogens with zero attached hydrogens (tertiary/aromatic N) is 1. The fourth-order valence-electron chi connectivity index (χ4n) is 2.51. The van der Waals surface area contributed by atoms with Crippen LogP contribution in [0.25, 0.3) is 11.3 Å². The van der Waals surface area contributed by atoms with Gasteiger partial charge in [-0.2, -0.15) is 5.92 Å². The topological polar surface area (TPSA) is 102 Å². The Morgan fingerprint density at radius 2 is 1.69 bits per heavy atom. The first-order chi connectivity index (χ1) is 17.7. The maximum Gasteiger partial charge on any atom is 1.00 e. The third kappa shape index (κ3) is 31.9. The first kappa shape index (κ1) is 43.8. The predicted molar refractivity (Wildman–Crippen MR) is 158 cm³/mol. The van der Waals surface area contributed by atoms with Crippen molar-refractivity contribution < 1.29 is 53.5 Å². The van der Waals surface area contributed by atoms with Gasteiger partial charge < -0.3 is 26.6 Å². The number of rotatable bonds is 7. The van der Waals surface area contributed by atoms with Crippen molar-refractivity contribution in [1.82, 2.24) is 10.5 Å². The van der Waals surface area contributed by atoms with E-state index in [4.69, 9.17) is 14.4 Å². The summed E-state index contributed by atoms with van der Waals surface area (Å²) in [4.78, 5) is 18.0. The van der Waals surface area contributed by atoms with Crippen LogP contribution in [0.5, 0.6) is 0 Å². The predicted octanol–water partition coefficient (Wildman–Crippen LogP) is 4.59. The summed E-state index contributed by atoms with van der Waals surface area (Å²) in [6, 6.07) is 9.93. The molecule has 0 aliphatic rings. The largest absolute Gasteiger partial charge is 1.00 e. The van der Waals surface area contributed by atoms with Crippen molar-refractivity contribution in [1.29, 1.82) is 0 Å². The van der Waals surface area contributed by atoms with E-state index in [1.807, 2.05) is 52.1 Å². The molecule has 0 saturated heterocycles. The molecule has 0 saturated carbocycles. The number of hydrogen-bond donors (Lipinski definition) is 2. The Morgan fingerprint density at radius 1 is 1.18 bits per heavy atom. The summed E-state index contributed by atoms with van der Waals surface area (Å²) in [6.45, 7) is 28.7. The van der Waals surface area contributed by atoms with Crippen molar-refractivity contribution in [2.75, 3.05) is 7.05 Å². The number of carbonyl (C=O) groups is 2. The number of ether oxygens (including phenoxy) is 1. The molecule has 0 fully saturated rings. The SMILES string of the molecule is CC(C)(C)OC=O.CC(C)C.O=CO.[CH2-]/C(=C/CC)CC([CH2-])C.[CH2-]c1cc(-c2ccccc2CNC)on1.[Na+]. The number of nitrogens with one attached hydrogen (secondary N) is 1. The summed E-state index contributed by atoms with van der Waals surface area (Å²) in [5.74, 6) is 2.10. The van der Waals surface area contributed by atoms with Gasteiger partial charge in [-0.3, -0.25) is 9.59 Å². The molecule has 218 valence electrons. The van der Waals surface area contributed by atoms with Crippen LogP contribution in [0.1, 0.15) is 79.5 Å². The molecule has 2 aromatic rings. The van der Waals surface area contributed by atoms with Crippen molar-refractivity contribution >= 4 is 12.9 Å². The third-order valence-corrected chi connectivity index (χ3v) is 3.71. The van der Waals surface area contributed by atoms with Crippen LogP contribution in [0, 0.1) is 32.6 Å². The van der Waals surface area contributed by atoms with Crippen LogP contribution < -0.4 is 34.9 Å². The summed E-state index contributed by atoms with van der Waals surface area (Å²) in [5, 5.41) is 13.8. The van der Waals surface area contributed by atoms with E-state index in [0.717, 1.165) is 36.6 Å². The number of benzene rings is 1. The zero-order valence-electron chi connectivity index (χ0n) is 26.0. The number of allylic oxidation sites excluding steroid dienone is 2. The molecule has 2 rings (SSSR count). The Bertz CT molecular complexity index is 869. The molecule has 8 heteroatoms. The van der Waals surface area contributed by atoms with Crippen LogP contribution in [-0.2, 0) is 20.9 Å². The maximum atomic E-state index is 9.60. The molecule has 7 nitrogen and oxygen atoms in total. The van der Waals surface area contributed by atoms with Crippen molar-refractivity contribution in [3.8, 4) is 11.3 Å². The Labute approximate surface area is 260 Å². The minimum Gasteiger partial charge on any atom is -0.483 e. The number of carboxylic acid groups (broad SMARTS) is 1. The molecule has 1 unspecified atom stereocenters. The van der Waals surface area contributed by atoms with E-state index < -0.39 is 0 Å². The van der Waals surface area contributed by atoms with Gasteiger partial charge in [-0.05, 0) is 39.3 Å². The van der Waals surface area contributed by atoms with Gasteiger partial charge in [0.15, 0.2) is 0 Å². The molecule has 0 spiro atoms. The second-order valence-electron chi connectivity index (χ2n) is 10.1. The average molecular weight is 555 g/mol. The average Bonchev–Trinajstić information content (AvgIpc) is 3.20. The summed E-state index contributed by atoms with van der Waals surface area (Å²) in [6.07, 6.45) is 4.28. The monoisotopic (exact) mass is 554 g/mol. The summed E-state index contributed by atoms with van der Waals surface area (Å²) in [5.41, 5.74) is 3.82. The standard InChI is InChI=1S/C12H13N2O.C9H16.C5H10O2.C4H10.CH2O2.Na/c1-9-7-12(15-14-9)11-6-4-3-5-10(11)8-13-2;1-5-6-9(4)7-8(2)3;1-5(2,3)7-4-6;1-4(2)3;2-1-3;/h3-7,13H,1,8H2,2H3;6,8H,2,4-5,7H2,1,3H3;4H,1-3H3;4H,1-3H3;1H,(H,2,3);/q-1;-2;;;;+1/b;9-6-;;;;.